The normalized spacial score (nSPS) is 10.4. The van der Waals surface area contributed by atoms with Crippen molar-refractivity contribution >= 4 is 11.7 Å². The lowest BCUT2D eigenvalue weighted by molar-refractivity contribution is -0.117. The van der Waals surface area contributed by atoms with Crippen LogP contribution >= 0.6 is 0 Å². The van der Waals surface area contributed by atoms with Crippen molar-refractivity contribution in [2.45, 2.75) is 6.92 Å². The van der Waals surface area contributed by atoms with Gasteiger partial charge in [0.05, 0.1) is 12.2 Å². The van der Waals surface area contributed by atoms with E-state index in [-0.39, 0.29) is 5.91 Å². The molecule has 1 heterocycles. The molecule has 0 bridgehead atoms. The SMILES string of the molecule is C=CCN(CC=C)CC(=O)Nc1cc(C)nn1C. The van der Waals surface area contributed by atoms with Crippen LogP contribution in [0.3, 0.4) is 0 Å². The van der Waals surface area contributed by atoms with Gasteiger partial charge < -0.3 is 5.32 Å². The van der Waals surface area contributed by atoms with E-state index in [0.717, 1.165) is 5.69 Å². The second kappa shape index (κ2) is 6.76. The third-order valence-corrected chi connectivity index (χ3v) is 2.41. The topological polar surface area (TPSA) is 50.2 Å². The highest BCUT2D eigenvalue weighted by Gasteiger charge is 2.10. The summed E-state index contributed by atoms with van der Waals surface area (Å²) in [5.41, 5.74) is 0.877. The quantitative estimate of drug-likeness (QED) is 0.741. The highest BCUT2D eigenvalue weighted by Crippen LogP contribution is 2.07. The average Bonchev–Trinajstić information content (AvgIpc) is 2.58. The van der Waals surface area contributed by atoms with Gasteiger partial charge in [0.2, 0.25) is 5.91 Å². The molecular weight excluding hydrogens is 228 g/mol. The largest absolute Gasteiger partial charge is 0.310 e. The Labute approximate surface area is 108 Å². The fourth-order valence-corrected chi connectivity index (χ4v) is 1.68. The number of aromatic nitrogens is 2. The van der Waals surface area contributed by atoms with Crippen LogP contribution in [0.4, 0.5) is 5.82 Å². The van der Waals surface area contributed by atoms with Crippen molar-refractivity contribution in [2.24, 2.45) is 7.05 Å². The van der Waals surface area contributed by atoms with Gasteiger partial charge >= 0.3 is 0 Å². The molecule has 0 radical (unpaired) electrons. The lowest BCUT2D eigenvalue weighted by Crippen LogP contribution is -2.33. The first-order valence-corrected chi connectivity index (χ1v) is 5.81. The van der Waals surface area contributed by atoms with Crippen molar-refractivity contribution in [1.82, 2.24) is 14.7 Å². The Morgan fingerprint density at radius 2 is 2.11 bits per heavy atom. The van der Waals surface area contributed by atoms with E-state index in [2.05, 4.69) is 23.6 Å². The molecule has 1 rings (SSSR count). The molecule has 0 aromatic carbocycles. The van der Waals surface area contributed by atoms with Gasteiger partial charge in [-0.1, -0.05) is 12.2 Å². The van der Waals surface area contributed by atoms with Crippen molar-refractivity contribution < 1.29 is 4.79 Å². The minimum absolute atomic E-state index is 0.0679. The number of rotatable bonds is 7. The van der Waals surface area contributed by atoms with E-state index in [1.807, 2.05) is 17.9 Å². The molecule has 0 atom stereocenters. The first kappa shape index (κ1) is 14.2. The fraction of sp³-hybridized carbons (Fsp3) is 0.385. The van der Waals surface area contributed by atoms with Crippen LogP contribution in [0.5, 0.6) is 0 Å². The maximum atomic E-state index is 11.9. The van der Waals surface area contributed by atoms with Crippen LogP contribution in [-0.4, -0.2) is 40.2 Å². The Kier molecular flexibility index (Phi) is 5.32. The van der Waals surface area contributed by atoms with Crippen molar-refractivity contribution in [1.29, 1.82) is 0 Å². The molecule has 5 nitrogen and oxygen atoms in total. The van der Waals surface area contributed by atoms with Crippen LogP contribution in [0.2, 0.25) is 0 Å². The molecular formula is C13H20N4O. The second-order valence-corrected chi connectivity index (χ2v) is 4.11. The number of aryl methyl sites for hydroxylation is 2. The number of carbonyl (C=O) groups excluding carboxylic acids is 1. The molecule has 0 saturated heterocycles. The second-order valence-electron chi connectivity index (χ2n) is 4.11. The molecule has 5 heteroatoms. The fourth-order valence-electron chi connectivity index (χ4n) is 1.68. The molecule has 0 saturated carbocycles. The molecule has 0 aliphatic rings. The van der Waals surface area contributed by atoms with Crippen molar-refractivity contribution in [2.75, 3.05) is 25.0 Å². The van der Waals surface area contributed by atoms with Gasteiger partial charge in [-0.2, -0.15) is 5.10 Å². The predicted molar refractivity (Wildman–Crippen MR) is 73.4 cm³/mol. The monoisotopic (exact) mass is 248 g/mol. The summed E-state index contributed by atoms with van der Waals surface area (Å²) in [5.74, 6) is 0.636. The minimum atomic E-state index is -0.0679. The van der Waals surface area contributed by atoms with Crippen LogP contribution in [0, 0.1) is 6.92 Å². The molecule has 0 unspecified atom stereocenters. The Balaban J connectivity index is 2.56. The molecule has 0 fully saturated rings. The molecule has 0 aliphatic carbocycles. The number of hydrogen-bond donors (Lipinski definition) is 1. The lowest BCUT2D eigenvalue weighted by atomic mass is 10.4. The Morgan fingerprint density at radius 1 is 1.50 bits per heavy atom. The lowest BCUT2D eigenvalue weighted by Gasteiger charge is -2.17. The molecule has 98 valence electrons. The maximum absolute atomic E-state index is 11.9. The molecule has 1 aromatic heterocycles. The smallest absolute Gasteiger partial charge is 0.239 e. The number of carbonyl (C=O) groups is 1. The van der Waals surface area contributed by atoms with Crippen molar-refractivity contribution in [3.05, 3.63) is 37.1 Å². The van der Waals surface area contributed by atoms with Crippen molar-refractivity contribution in [3.8, 4) is 0 Å². The maximum Gasteiger partial charge on any atom is 0.239 e. The van der Waals surface area contributed by atoms with E-state index in [0.29, 0.717) is 25.5 Å². The number of anilines is 1. The summed E-state index contributed by atoms with van der Waals surface area (Å²) in [6, 6.07) is 1.84. The molecule has 1 N–H and O–H groups in total. The van der Waals surface area contributed by atoms with E-state index >= 15 is 0 Å². The molecule has 1 amide bonds. The van der Waals surface area contributed by atoms with Gasteiger partial charge in [-0.3, -0.25) is 14.4 Å². The van der Waals surface area contributed by atoms with E-state index in [1.54, 1.807) is 23.9 Å². The first-order valence-electron chi connectivity index (χ1n) is 5.81. The summed E-state index contributed by atoms with van der Waals surface area (Å²) in [4.78, 5) is 13.8. The molecule has 18 heavy (non-hydrogen) atoms. The minimum Gasteiger partial charge on any atom is -0.310 e. The summed E-state index contributed by atoms with van der Waals surface area (Å²) in [6.45, 7) is 10.8. The third-order valence-electron chi connectivity index (χ3n) is 2.41. The van der Waals surface area contributed by atoms with Crippen molar-refractivity contribution in [3.63, 3.8) is 0 Å². The summed E-state index contributed by atoms with van der Waals surface area (Å²) in [6.07, 6.45) is 3.54. The molecule has 0 aliphatic heterocycles. The van der Waals surface area contributed by atoms with Gasteiger partial charge in [-0.25, -0.2) is 0 Å². The van der Waals surface area contributed by atoms with E-state index in [9.17, 15) is 4.79 Å². The summed E-state index contributed by atoms with van der Waals surface area (Å²) >= 11 is 0. The van der Waals surface area contributed by atoms with Crippen LogP contribution in [-0.2, 0) is 11.8 Å². The van der Waals surface area contributed by atoms with Crippen LogP contribution in [0.1, 0.15) is 5.69 Å². The van der Waals surface area contributed by atoms with Gasteiger partial charge in [0.15, 0.2) is 0 Å². The highest BCUT2D eigenvalue weighted by molar-refractivity contribution is 5.91. The predicted octanol–water partition coefficient (Wildman–Crippen LogP) is 1.34. The number of hydrogen-bond acceptors (Lipinski definition) is 3. The molecule has 0 spiro atoms. The standard InChI is InChI=1S/C13H20N4O/c1-5-7-17(8-6-2)10-13(18)14-12-9-11(3)15-16(12)4/h5-6,9H,1-2,7-8,10H2,3-4H3,(H,14,18). The van der Waals surface area contributed by atoms with Gasteiger partial charge in [0, 0.05) is 26.2 Å². The number of nitrogens with zero attached hydrogens (tertiary/aromatic N) is 3. The molecule has 1 aromatic rings. The van der Waals surface area contributed by atoms with E-state index in [4.69, 9.17) is 0 Å². The van der Waals surface area contributed by atoms with Crippen LogP contribution < -0.4 is 5.32 Å². The zero-order chi connectivity index (χ0) is 13.5. The Morgan fingerprint density at radius 3 is 2.56 bits per heavy atom. The summed E-state index contributed by atoms with van der Waals surface area (Å²) in [7, 11) is 1.80. The van der Waals surface area contributed by atoms with Gasteiger partial charge in [0.25, 0.3) is 0 Å². The number of nitrogens with one attached hydrogen (secondary N) is 1. The van der Waals surface area contributed by atoms with Gasteiger partial charge in [-0.05, 0) is 6.92 Å². The van der Waals surface area contributed by atoms with E-state index in [1.165, 1.54) is 0 Å². The summed E-state index contributed by atoms with van der Waals surface area (Å²) in [5, 5.41) is 7.00. The van der Waals surface area contributed by atoms with Gasteiger partial charge in [0.1, 0.15) is 5.82 Å². The van der Waals surface area contributed by atoms with Crippen LogP contribution in [0.15, 0.2) is 31.4 Å². The zero-order valence-corrected chi connectivity index (χ0v) is 11.0. The van der Waals surface area contributed by atoms with Crippen LogP contribution in [0.25, 0.3) is 0 Å². The van der Waals surface area contributed by atoms with Gasteiger partial charge in [-0.15, -0.1) is 13.2 Å². The zero-order valence-electron chi connectivity index (χ0n) is 11.0. The Hall–Kier alpha value is -1.88. The number of amides is 1. The Bertz CT molecular complexity index is 426. The summed E-state index contributed by atoms with van der Waals surface area (Å²) < 4.78 is 1.65. The first-order chi connectivity index (χ1) is 8.56. The highest BCUT2D eigenvalue weighted by atomic mass is 16.2. The third kappa shape index (κ3) is 4.18. The average molecular weight is 248 g/mol. The van der Waals surface area contributed by atoms with E-state index < -0.39 is 0 Å².